The predicted molar refractivity (Wildman–Crippen MR) is 136 cm³/mol. The van der Waals surface area contributed by atoms with Crippen LogP contribution in [-0.4, -0.2) is 48.2 Å². The molecule has 7 heteroatoms. The molecule has 3 rings (SSSR count). The second-order valence-electron chi connectivity index (χ2n) is 10.6. The van der Waals surface area contributed by atoms with Gasteiger partial charge in [-0.1, -0.05) is 56.3 Å². The summed E-state index contributed by atoms with van der Waals surface area (Å²) in [6.07, 6.45) is -0.102. The molecule has 1 fully saturated rings. The number of amides is 2. The number of hydrogen-bond acceptors (Lipinski definition) is 6. The molecule has 0 N–H and O–H groups in total. The third-order valence-electron chi connectivity index (χ3n) is 6.34. The van der Waals surface area contributed by atoms with Gasteiger partial charge in [0.1, 0.15) is 18.0 Å². The van der Waals surface area contributed by atoms with Crippen molar-refractivity contribution < 1.29 is 28.6 Å². The van der Waals surface area contributed by atoms with Gasteiger partial charge in [0.05, 0.1) is 25.0 Å². The summed E-state index contributed by atoms with van der Waals surface area (Å²) in [6, 6.07) is 16.5. The monoisotopic (exact) mass is 495 g/mol. The lowest BCUT2D eigenvalue weighted by Gasteiger charge is -2.32. The molecule has 1 saturated heterocycles. The van der Waals surface area contributed by atoms with E-state index in [0.717, 1.165) is 11.1 Å². The summed E-state index contributed by atoms with van der Waals surface area (Å²) in [7, 11) is 1.59. The van der Waals surface area contributed by atoms with Crippen LogP contribution in [0.3, 0.4) is 0 Å². The molecule has 0 aliphatic carbocycles. The van der Waals surface area contributed by atoms with Crippen molar-refractivity contribution in [3.8, 4) is 5.75 Å². The fraction of sp³-hybridized carbons (Fsp3) is 0.483. The first-order chi connectivity index (χ1) is 17.0. The first-order valence-electron chi connectivity index (χ1n) is 12.4. The highest BCUT2D eigenvalue weighted by atomic mass is 16.6. The van der Waals surface area contributed by atoms with E-state index in [-0.39, 0.29) is 31.4 Å². The van der Waals surface area contributed by atoms with Gasteiger partial charge in [-0.05, 0) is 62.8 Å². The zero-order valence-electron chi connectivity index (χ0n) is 22.0. The lowest BCUT2D eigenvalue weighted by Crippen LogP contribution is -2.49. The lowest BCUT2D eigenvalue weighted by atomic mass is 9.81. The molecular weight excluding hydrogens is 458 g/mol. The van der Waals surface area contributed by atoms with Gasteiger partial charge >= 0.3 is 12.1 Å². The van der Waals surface area contributed by atoms with Gasteiger partial charge in [0.25, 0.3) is 0 Å². The van der Waals surface area contributed by atoms with Gasteiger partial charge in [0, 0.05) is 0 Å². The molecule has 2 aromatic rings. The normalized spacial score (nSPS) is 17.5. The quantitative estimate of drug-likeness (QED) is 0.453. The minimum absolute atomic E-state index is 0.0133. The van der Waals surface area contributed by atoms with Crippen LogP contribution in [0.5, 0.6) is 5.75 Å². The van der Waals surface area contributed by atoms with Crippen molar-refractivity contribution in [2.75, 3.05) is 13.7 Å². The number of hydrogen-bond donors (Lipinski definition) is 0. The molecule has 194 valence electrons. The van der Waals surface area contributed by atoms with Crippen LogP contribution in [-0.2, 0) is 31.9 Å². The fourth-order valence-electron chi connectivity index (χ4n) is 4.41. The summed E-state index contributed by atoms with van der Waals surface area (Å²) in [5.74, 6) is -1.81. The topological polar surface area (TPSA) is 82.1 Å². The van der Waals surface area contributed by atoms with Gasteiger partial charge in [0.15, 0.2) is 0 Å². The van der Waals surface area contributed by atoms with Gasteiger partial charge < -0.3 is 14.2 Å². The van der Waals surface area contributed by atoms with Crippen molar-refractivity contribution in [1.82, 2.24) is 4.90 Å². The van der Waals surface area contributed by atoms with Crippen LogP contribution in [0.25, 0.3) is 0 Å². The van der Waals surface area contributed by atoms with Crippen molar-refractivity contribution >= 4 is 18.0 Å². The van der Waals surface area contributed by atoms with Crippen molar-refractivity contribution in [3.05, 3.63) is 65.7 Å². The van der Waals surface area contributed by atoms with Gasteiger partial charge in [-0.25, -0.2) is 9.69 Å². The molecule has 1 aliphatic rings. The molecule has 0 aromatic heterocycles. The molecule has 36 heavy (non-hydrogen) atoms. The molecule has 0 spiro atoms. The van der Waals surface area contributed by atoms with E-state index in [9.17, 15) is 14.4 Å². The summed E-state index contributed by atoms with van der Waals surface area (Å²) in [5, 5.41) is 0. The van der Waals surface area contributed by atoms with Crippen LogP contribution in [0.4, 0.5) is 4.79 Å². The second-order valence-corrected chi connectivity index (χ2v) is 10.6. The Morgan fingerprint density at radius 1 is 0.972 bits per heavy atom. The van der Waals surface area contributed by atoms with Crippen molar-refractivity contribution in [2.24, 2.45) is 17.8 Å². The summed E-state index contributed by atoms with van der Waals surface area (Å²) in [4.78, 5) is 41.6. The minimum Gasteiger partial charge on any atom is -0.497 e. The van der Waals surface area contributed by atoms with Crippen molar-refractivity contribution in [3.63, 3.8) is 0 Å². The summed E-state index contributed by atoms with van der Waals surface area (Å²) in [6.45, 7) is 9.45. The zero-order valence-corrected chi connectivity index (χ0v) is 22.0. The van der Waals surface area contributed by atoms with Crippen LogP contribution < -0.4 is 4.74 Å². The number of imide groups is 1. The fourth-order valence-corrected chi connectivity index (χ4v) is 4.41. The lowest BCUT2D eigenvalue weighted by molar-refractivity contribution is -0.165. The maximum Gasteiger partial charge on any atom is 0.416 e. The number of cyclic esters (lactones) is 1. The number of carbonyl (C=O) groups excluding carboxylic acids is 3. The Morgan fingerprint density at radius 3 is 2.11 bits per heavy atom. The smallest absolute Gasteiger partial charge is 0.416 e. The van der Waals surface area contributed by atoms with E-state index in [1.54, 1.807) is 27.9 Å². The Kier molecular flexibility index (Phi) is 8.77. The average Bonchev–Trinajstić information content (AvgIpc) is 3.22. The van der Waals surface area contributed by atoms with Crippen LogP contribution in [0.1, 0.15) is 45.7 Å². The van der Waals surface area contributed by atoms with E-state index in [2.05, 4.69) is 0 Å². The molecular formula is C29H37NO6. The SMILES string of the molecule is COc1ccc(CC(C(=O)OC(C)(C)C)C(Cc2ccccc2)C(=O)N2C(=O)OC[C@@H]2C(C)C)cc1. The second kappa shape index (κ2) is 11.6. The number of esters is 1. The third-order valence-corrected chi connectivity index (χ3v) is 6.34. The number of carbonyl (C=O) groups is 3. The molecule has 7 nitrogen and oxygen atoms in total. The van der Waals surface area contributed by atoms with E-state index < -0.39 is 35.4 Å². The van der Waals surface area contributed by atoms with Gasteiger partial charge in [0.2, 0.25) is 5.91 Å². The third kappa shape index (κ3) is 6.86. The van der Waals surface area contributed by atoms with E-state index >= 15 is 0 Å². The molecule has 0 radical (unpaired) electrons. The highest BCUT2D eigenvalue weighted by Crippen LogP contribution is 2.31. The van der Waals surface area contributed by atoms with Gasteiger partial charge in [-0.15, -0.1) is 0 Å². The van der Waals surface area contributed by atoms with E-state index in [0.29, 0.717) is 5.75 Å². The maximum atomic E-state index is 14.1. The van der Waals surface area contributed by atoms with Crippen LogP contribution in [0, 0.1) is 17.8 Å². The van der Waals surface area contributed by atoms with Crippen LogP contribution in [0.15, 0.2) is 54.6 Å². The van der Waals surface area contributed by atoms with Crippen molar-refractivity contribution in [1.29, 1.82) is 0 Å². The molecule has 3 atom stereocenters. The van der Waals surface area contributed by atoms with Gasteiger partial charge in [-0.2, -0.15) is 0 Å². The number of benzene rings is 2. The number of nitrogens with zero attached hydrogens (tertiary/aromatic N) is 1. The van der Waals surface area contributed by atoms with Crippen molar-refractivity contribution in [2.45, 2.75) is 59.1 Å². The standard InChI is InChI=1S/C29H37NO6/c1-19(2)25-18-35-28(33)30(25)26(31)23(16-20-10-8-7-9-11-20)24(27(32)36-29(3,4)5)17-21-12-14-22(34-6)15-13-21/h7-15,19,23-25H,16-18H2,1-6H3/t23?,24?,25-/m1/s1. The van der Waals surface area contributed by atoms with E-state index in [1.807, 2.05) is 68.4 Å². The highest BCUT2D eigenvalue weighted by molar-refractivity contribution is 5.97. The maximum absolute atomic E-state index is 14.1. The minimum atomic E-state index is -0.823. The van der Waals surface area contributed by atoms with E-state index in [4.69, 9.17) is 14.2 Å². The molecule has 2 unspecified atom stereocenters. The Labute approximate surface area is 213 Å². The summed E-state index contributed by atoms with van der Waals surface area (Å²) in [5.41, 5.74) is 1.03. The molecule has 0 bridgehead atoms. The zero-order chi connectivity index (χ0) is 26.5. The average molecular weight is 496 g/mol. The summed E-state index contributed by atoms with van der Waals surface area (Å²) < 4.78 is 16.3. The predicted octanol–water partition coefficient (Wildman–Crippen LogP) is 5.06. The Hall–Kier alpha value is -3.35. The number of ether oxygens (including phenoxy) is 3. The molecule has 0 saturated carbocycles. The number of rotatable bonds is 9. The van der Waals surface area contributed by atoms with E-state index in [1.165, 1.54) is 4.90 Å². The molecule has 1 heterocycles. The molecule has 2 aromatic carbocycles. The van der Waals surface area contributed by atoms with Crippen LogP contribution in [0.2, 0.25) is 0 Å². The summed E-state index contributed by atoms with van der Waals surface area (Å²) >= 11 is 0. The molecule has 2 amide bonds. The van der Waals surface area contributed by atoms with Gasteiger partial charge in [-0.3, -0.25) is 9.59 Å². The highest BCUT2D eigenvalue weighted by Gasteiger charge is 2.46. The first-order valence-corrected chi connectivity index (χ1v) is 12.4. The number of methoxy groups -OCH3 is 1. The first kappa shape index (κ1) is 27.2. The largest absolute Gasteiger partial charge is 0.497 e. The molecule has 1 aliphatic heterocycles. The Morgan fingerprint density at radius 2 is 1.56 bits per heavy atom. The Bertz CT molecular complexity index is 1040. The Balaban J connectivity index is 2.04. The van der Waals surface area contributed by atoms with Crippen LogP contribution >= 0.6 is 0 Å².